The summed E-state index contributed by atoms with van der Waals surface area (Å²) in [5.41, 5.74) is 2.35. The summed E-state index contributed by atoms with van der Waals surface area (Å²) in [7, 11) is 2.93. The first kappa shape index (κ1) is 8.74. The first-order valence-electron chi connectivity index (χ1n) is 3.82. The summed E-state index contributed by atoms with van der Waals surface area (Å²) in [5, 5.41) is 0. The van der Waals surface area contributed by atoms with E-state index in [1.807, 2.05) is 0 Å². The van der Waals surface area contributed by atoms with Gasteiger partial charge in [-0.25, -0.2) is 0 Å². The lowest BCUT2D eigenvalue weighted by molar-refractivity contribution is 0.607. The zero-order chi connectivity index (χ0) is 7.56. The molecule has 0 radical (unpaired) electrons. The molecule has 10 heavy (non-hydrogen) atoms. The fraction of sp³-hybridized carbons (Fsp3) is 0.750. The number of allylic oxidation sites excluding steroid dienone is 2. The minimum absolute atomic E-state index is 0.744. The van der Waals surface area contributed by atoms with Crippen LogP contribution < -0.4 is 0 Å². The van der Waals surface area contributed by atoms with E-state index in [0.717, 1.165) is 5.66 Å². The molecule has 58 valence electrons. The number of rotatable bonds is 0. The largest absolute Gasteiger partial charge is 0.130 e. The van der Waals surface area contributed by atoms with E-state index in [1.165, 1.54) is 30.2 Å². The number of halogens is 1. The van der Waals surface area contributed by atoms with Crippen LogP contribution in [0.2, 0.25) is 0 Å². The van der Waals surface area contributed by atoms with E-state index in [9.17, 15) is 0 Å². The van der Waals surface area contributed by atoms with Crippen LogP contribution in [0.3, 0.4) is 0 Å². The van der Waals surface area contributed by atoms with Crippen molar-refractivity contribution < 1.29 is 0 Å². The normalized spacial score (nSPS) is 32.1. The van der Waals surface area contributed by atoms with Crippen molar-refractivity contribution in [2.45, 2.75) is 38.3 Å². The smallest absolute Gasteiger partial charge is 0.00448 e. The molecular formula is C8H14BrP. The Hall–Kier alpha value is 0.650. The van der Waals surface area contributed by atoms with Crippen LogP contribution in [0.1, 0.15) is 32.6 Å². The highest BCUT2D eigenvalue weighted by Gasteiger charge is 2.15. The van der Waals surface area contributed by atoms with Crippen molar-refractivity contribution in [3.8, 4) is 0 Å². The topological polar surface area (TPSA) is 0 Å². The molecule has 0 bridgehead atoms. The van der Waals surface area contributed by atoms with E-state index in [-0.39, 0.29) is 0 Å². The summed E-state index contributed by atoms with van der Waals surface area (Å²) in [5.74, 6) is 0. The SMILES string of the molecule is C/C(Br)=C1/CCCCC1P. The molecule has 2 heteroatoms. The standard InChI is InChI=1S/C8H14BrP/c1-6(9)7-4-2-3-5-8(7)10/h8H,2-5,10H2,1H3/b7-6+. The van der Waals surface area contributed by atoms with Gasteiger partial charge in [-0.3, -0.25) is 0 Å². The Morgan fingerprint density at radius 3 is 2.70 bits per heavy atom. The van der Waals surface area contributed by atoms with Crippen molar-refractivity contribution in [3.05, 3.63) is 10.1 Å². The fourth-order valence-electron chi connectivity index (χ4n) is 1.47. The Bertz CT molecular complexity index is 147. The zero-order valence-electron chi connectivity index (χ0n) is 6.36. The summed E-state index contributed by atoms with van der Waals surface area (Å²) >= 11 is 3.54. The van der Waals surface area contributed by atoms with Gasteiger partial charge in [-0.15, -0.1) is 9.24 Å². The van der Waals surface area contributed by atoms with Crippen molar-refractivity contribution in [3.63, 3.8) is 0 Å². The van der Waals surface area contributed by atoms with Gasteiger partial charge in [0.05, 0.1) is 0 Å². The predicted octanol–water partition coefficient (Wildman–Crippen LogP) is 3.47. The fourth-order valence-corrected chi connectivity index (χ4v) is 2.86. The average molecular weight is 221 g/mol. The Morgan fingerprint density at radius 2 is 2.30 bits per heavy atom. The quantitative estimate of drug-likeness (QED) is 0.549. The molecule has 0 aromatic rings. The van der Waals surface area contributed by atoms with E-state index in [0.29, 0.717) is 0 Å². The summed E-state index contributed by atoms with van der Waals surface area (Å²) in [4.78, 5) is 0. The van der Waals surface area contributed by atoms with Crippen LogP contribution in [-0.4, -0.2) is 5.66 Å². The van der Waals surface area contributed by atoms with Gasteiger partial charge in [0.2, 0.25) is 0 Å². The molecular weight excluding hydrogens is 207 g/mol. The Labute approximate surface area is 73.8 Å². The molecule has 1 rings (SSSR count). The summed E-state index contributed by atoms with van der Waals surface area (Å²) in [6.45, 7) is 2.15. The maximum atomic E-state index is 3.54. The van der Waals surface area contributed by atoms with Gasteiger partial charge >= 0.3 is 0 Å². The van der Waals surface area contributed by atoms with E-state index >= 15 is 0 Å². The molecule has 2 atom stereocenters. The highest BCUT2D eigenvalue weighted by molar-refractivity contribution is 9.11. The second-order valence-electron chi connectivity index (χ2n) is 2.91. The molecule has 0 aromatic carbocycles. The van der Waals surface area contributed by atoms with E-state index < -0.39 is 0 Å². The van der Waals surface area contributed by atoms with Gasteiger partial charge in [-0.1, -0.05) is 27.9 Å². The third-order valence-electron chi connectivity index (χ3n) is 2.10. The van der Waals surface area contributed by atoms with Crippen LogP contribution >= 0.6 is 25.2 Å². The minimum Gasteiger partial charge on any atom is -0.130 e. The van der Waals surface area contributed by atoms with Crippen molar-refractivity contribution in [2.75, 3.05) is 0 Å². The Balaban J connectivity index is 2.65. The highest BCUT2D eigenvalue weighted by Crippen LogP contribution is 2.33. The number of hydrogen-bond donors (Lipinski definition) is 0. The molecule has 1 saturated carbocycles. The van der Waals surface area contributed by atoms with Crippen LogP contribution in [0, 0.1) is 0 Å². The van der Waals surface area contributed by atoms with Gasteiger partial charge in [-0.2, -0.15) is 0 Å². The van der Waals surface area contributed by atoms with Crippen molar-refractivity contribution in [1.82, 2.24) is 0 Å². The van der Waals surface area contributed by atoms with Crippen molar-refractivity contribution >= 4 is 25.2 Å². The molecule has 1 aliphatic rings. The molecule has 2 unspecified atom stereocenters. The van der Waals surface area contributed by atoms with E-state index in [4.69, 9.17) is 0 Å². The van der Waals surface area contributed by atoms with Crippen LogP contribution in [-0.2, 0) is 0 Å². The lowest BCUT2D eigenvalue weighted by Gasteiger charge is -2.22. The third-order valence-corrected chi connectivity index (χ3v) is 3.35. The molecule has 0 spiro atoms. The first-order chi connectivity index (χ1) is 4.72. The van der Waals surface area contributed by atoms with E-state index in [2.05, 4.69) is 32.1 Å². The molecule has 1 fully saturated rings. The van der Waals surface area contributed by atoms with Crippen molar-refractivity contribution in [1.29, 1.82) is 0 Å². The van der Waals surface area contributed by atoms with Crippen LogP contribution in [0.25, 0.3) is 0 Å². The number of hydrogen-bond acceptors (Lipinski definition) is 0. The molecule has 0 nitrogen and oxygen atoms in total. The molecule has 0 N–H and O–H groups in total. The average Bonchev–Trinajstić information content (AvgIpc) is 1.88. The minimum atomic E-state index is 0.744. The molecule has 0 amide bonds. The third kappa shape index (κ3) is 2.07. The maximum Gasteiger partial charge on any atom is -0.00448 e. The summed E-state index contributed by atoms with van der Waals surface area (Å²) in [6.07, 6.45) is 5.43. The van der Waals surface area contributed by atoms with Gasteiger partial charge in [0.25, 0.3) is 0 Å². The highest BCUT2D eigenvalue weighted by atomic mass is 79.9. The monoisotopic (exact) mass is 220 g/mol. The van der Waals surface area contributed by atoms with E-state index in [1.54, 1.807) is 5.57 Å². The molecule has 1 aliphatic carbocycles. The molecule has 0 heterocycles. The summed E-state index contributed by atoms with van der Waals surface area (Å²) < 4.78 is 1.35. The molecule has 0 aromatic heterocycles. The van der Waals surface area contributed by atoms with Gasteiger partial charge in [0, 0.05) is 0 Å². The Kier molecular flexibility index (Phi) is 3.39. The lowest BCUT2D eigenvalue weighted by Crippen LogP contribution is -2.09. The zero-order valence-corrected chi connectivity index (χ0v) is 9.10. The van der Waals surface area contributed by atoms with Crippen LogP contribution in [0.4, 0.5) is 0 Å². The van der Waals surface area contributed by atoms with Gasteiger partial charge in [0.15, 0.2) is 0 Å². The summed E-state index contributed by atoms with van der Waals surface area (Å²) in [6, 6.07) is 0. The van der Waals surface area contributed by atoms with Crippen LogP contribution in [0.5, 0.6) is 0 Å². The first-order valence-corrected chi connectivity index (χ1v) is 5.28. The Morgan fingerprint density at radius 1 is 1.60 bits per heavy atom. The second kappa shape index (κ2) is 3.88. The molecule has 0 saturated heterocycles. The molecule has 0 aliphatic heterocycles. The van der Waals surface area contributed by atoms with Gasteiger partial charge < -0.3 is 0 Å². The maximum absolute atomic E-state index is 3.54. The predicted molar refractivity (Wildman–Crippen MR) is 53.6 cm³/mol. The lowest BCUT2D eigenvalue weighted by atomic mass is 9.94. The van der Waals surface area contributed by atoms with Crippen molar-refractivity contribution in [2.24, 2.45) is 0 Å². The second-order valence-corrected chi connectivity index (χ2v) is 4.91. The van der Waals surface area contributed by atoms with Gasteiger partial charge in [-0.05, 0) is 36.3 Å². The van der Waals surface area contributed by atoms with Crippen LogP contribution in [0.15, 0.2) is 10.1 Å². The van der Waals surface area contributed by atoms with Gasteiger partial charge in [0.1, 0.15) is 0 Å².